The molecule has 0 aliphatic rings. The molecule has 0 aromatic rings. The van der Waals surface area contributed by atoms with Crippen LogP contribution in [-0.2, 0) is 4.79 Å². The summed E-state index contributed by atoms with van der Waals surface area (Å²) < 4.78 is 0. The standard InChI is InChI=1S/C20H32O3/c1-2-3-4-5-7-10-13-16-19(21)17-14-11-8-6-9-12-15-18-20(22)23/h6-7,9-11,13-14,16,19,21H,2-5,8,12,15,17-18H2,1H3,(H,22,23)/b9-6+,10-7-,14-11-,16-13-/t19-/m0/s1. The van der Waals surface area contributed by atoms with E-state index in [9.17, 15) is 9.90 Å². The summed E-state index contributed by atoms with van der Waals surface area (Å²) in [4.78, 5) is 10.3. The Morgan fingerprint density at radius 2 is 1.70 bits per heavy atom. The fourth-order valence-electron chi connectivity index (χ4n) is 1.95. The summed E-state index contributed by atoms with van der Waals surface area (Å²) in [6.45, 7) is 2.20. The van der Waals surface area contributed by atoms with Gasteiger partial charge < -0.3 is 10.2 Å². The molecule has 0 aliphatic heterocycles. The van der Waals surface area contributed by atoms with Crippen molar-refractivity contribution in [2.45, 2.75) is 70.8 Å². The quantitative estimate of drug-likeness (QED) is 0.263. The number of carbonyl (C=O) groups is 1. The van der Waals surface area contributed by atoms with Crippen molar-refractivity contribution in [3.05, 3.63) is 48.6 Å². The zero-order valence-electron chi connectivity index (χ0n) is 14.4. The van der Waals surface area contributed by atoms with E-state index in [0.29, 0.717) is 12.8 Å². The highest BCUT2D eigenvalue weighted by Crippen LogP contribution is 2.02. The van der Waals surface area contributed by atoms with Crippen LogP contribution in [0.5, 0.6) is 0 Å². The van der Waals surface area contributed by atoms with E-state index in [1.807, 2.05) is 42.5 Å². The molecular formula is C20H32O3. The topological polar surface area (TPSA) is 57.5 Å². The number of hydrogen-bond donors (Lipinski definition) is 2. The Labute approximate surface area is 141 Å². The van der Waals surface area contributed by atoms with Gasteiger partial charge >= 0.3 is 5.97 Å². The largest absolute Gasteiger partial charge is 0.481 e. The third kappa shape index (κ3) is 18.3. The average Bonchev–Trinajstić information content (AvgIpc) is 2.52. The van der Waals surface area contributed by atoms with Gasteiger partial charge in [0, 0.05) is 6.42 Å². The highest BCUT2D eigenvalue weighted by Gasteiger charge is 1.93. The van der Waals surface area contributed by atoms with E-state index in [0.717, 1.165) is 19.3 Å². The Hall–Kier alpha value is -1.61. The highest BCUT2D eigenvalue weighted by molar-refractivity contribution is 5.66. The highest BCUT2D eigenvalue weighted by atomic mass is 16.4. The summed E-state index contributed by atoms with van der Waals surface area (Å²) in [6, 6.07) is 0. The van der Waals surface area contributed by atoms with Gasteiger partial charge in [0.2, 0.25) is 0 Å². The molecule has 0 bridgehead atoms. The van der Waals surface area contributed by atoms with Crippen molar-refractivity contribution >= 4 is 5.97 Å². The van der Waals surface area contributed by atoms with Gasteiger partial charge in [0.1, 0.15) is 0 Å². The molecule has 0 amide bonds. The molecule has 0 spiro atoms. The molecule has 0 fully saturated rings. The lowest BCUT2D eigenvalue weighted by atomic mass is 10.2. The van der Waals surface area contributed by atoms with Crippen molar-refractivity contribution in [1.82, 2.24) is 0 Å². The number of allylic oxidation sites excluding steroid dienone is 6. The number of aliphatic carboxylic acids is 1. The van der Waals surface area contributed by atoms with Crippen LogP contribution in [-0.4, -0.2) is 22.3 Å². The summed E-state index contributed by atoms with van der Waals surface area (Å²) in [7, 11) is 0. The minimum atomic E-state index is -0.740. The molecule has 2 N–H and O–H groups in total. The fraction of sp³-hybridized carbons (Fsp3) is 0.550. The minimum Gasteiger partial charge on any atom is -0.481 e. The van der Waals surface area contributed by atoms with E-state index < -0.39 is 12.1 Å². The van der Waals surface area contributed by atoms with Crippen LogP contribution in [0.25, 0.3) is 0 Å². The second kappa shape index (κ2) is 16.8. The van der Waals surface area contributed by atoms with Crippen molar-refractivity contribution in [3.63, 3.8) is 0 Å². The van der Waals surface area contributed by atoms with Gasteiger partial charge in [0.25, 0.3) is 0 Å². The number of hydrogen-bond acceptors (Lipinski definition) is 2. The number of rotatable bonds is 14. The van der Waals surface area contributed by atoms with Crippen LogP contribution < -0.4 is 0 Å². The molecule has 0 aromatic carbocycles. The summed E-state index contributed by atoms with van der Waals surface area (Å²) in [5.41, 5.74) is 0. The number of aliphatic hydroxyl groups is 1. The van der Waals surface area contributed by atoms with Crippen LogP contribution in [0.1, 0.15) is 64.7 Å². The van der Waals surface area contributed by atoms with Gasteiger partial charge in [-0.15, -0.1) is 0 Å². The van der Waals surface area contributed by atoms with Gasteiger partial charge in [-0.3, -0.25) is 4.79 Å². The van der Waals surface area contributed by atoms with Gasteiger partial charge in [-0.1, -0.05) is 68.4 Å². The molecule has 0 heterocycles. The first-order valence-corrected chi connectivity index (χ1v) is 8.70. The Bertz CT molecular complexity index is 392. The minimum absolute atomic E-state index is 0.228. The first-order chi connectivity index (χ1) is 11.2. The predicted molar refractivity (Wildman–Crippen MR) is 97.4 cm³/mol. The van der Waals surface area contributed by atoms with Crippen molar-refractivity contribution in [2.75, 3.05) is 0 Å². The molecule has 0 radical (unpaired) electrons. The van der Waals surface area contributed by atoms with E-state index >= 15 is 0 Å². The molecule has 0 aliphatic carbocycles. The Balaban J connectivity index is 3.61. The van der Waals surface area contributed by atoms with Gasteiger partial charge in [0.15, 0.2) is 0 Å². The SMILES string of the molecule is CCCCC/C=C\C=C/[C@H](O)C/C=C\C/C=C/CCCC(=O)O. The normalized spacial score (nSPS) is 13.8. The van der Waals surface area contributed by atoms with Crippen molar-refractivity contribution in [3.8, 4) is 0 Å². The second-order valence-electron chi connectivity index (χ2n) is 5.58. The summed E-state index contributed by atoms with van der Waals surface area (Å²) in [5.74, 6) is -0.740. The fourth-order valence-corrected chi connectivity index (χ4v) is 1.95. The van der Waals surface area contributed by atoms with Crippen LogP contribution in [0.4, 0.5) is 0 Å². The number of unbranched alkanes of at least 4 members (excludes halogenated alkanes) is 4. The molecule has 1 atom stereocenters. The summed E-state index contributed by atoms with van der Waals surface area (Å²) in [6.07, 6.45) is 23.5. The van der Waals surface area contributed by atoms with Gasteiger partial charge in [-0.2, -0.15) is 0 Å². The average molecular weight is 320 g/mol. The molecule has 0 aromatic heterocycles. The van der Waals surface area contributed by atoms with Crippen molar-refractivity contribution < 1.29 is 15.0 Å². The maximum absolute atomic E-state index is 10.3. The lowest BCUT2D eigenvalue weighted by Crippen LogP contribution is -1.98. The zero-order valence-corrected chi connectivity index (χ0v) is 14.4. The molecule has 23 heavy (non-hydrogen) atoms. The van der Waals surface area contributed by atoms with E-state index in [1.54, 1.807) is 0 Å². The van der Waals surface area contributed by atoms with Gasteiger partial charge in [-0.05, 0) is 38.5 Å². The summed E-state index contributed by atoms with van der Waals surface area (Å²) >= 11 is 0. The van der Waals surface area contributed by atoms with Crippen LogP contribution >= 0.6 is 0 Å². The van der Waals surface area contributed by atoms with E-state index in [2.05, 4.69) is 13.0 Å². The van der Waals surface area contributed by atoms with E-state index in [1.165, 1.54) is 19.3 Å². The monoisotopic (exact) mass is 320 g/mol. The predicted octanol–water partition coefficient (Wildman–Crippen LogP) is 5.19. The molecule has 0 saturated carbocycles. The van der Waals surface area contributed by atoms with Crippen molar-refractivity contribution in [1.29, 1.82) is 0 Å². The lowest BCUT2D eigenvalue weighted by Gasteiger charge is -1.98. The molecule has 3 heteroatoms. The molecule has 3 nitrogen and oxygen atoms in total. The van der Waals surface area contributed by atoms with Crippen LogP contribution in [0.15, 0.2) is 48.6 Å². The molecule has 0 saturated heterocycles. The second-order valence-corrected chi connectivity index (χ2v) is 5.58. The van der Waals surface area contributed by atoms with Gasteiger partial charge in [0.05, 0.1) is 6.10 Å². The zero-order chi connectivity index (χ0) is 17.2. The van der Waals surface area contributed by atoms with Gasteiger partial charge in [-0.25, -0.2) is 0 Å². The number of carboxylic acids is 1. The molecular weight excluding hydrogens is 288 g/mol. The maximum Gasteiger partial charge on any atom is 0.303 e. The van der Waals surface area contributed by atoms with Crippen LogP contribution in [0.3, 0.4) is 0 Å². The maximum atomic E-state index is 10.3. The Morgan fingerprint density at radius 3 is 2.43 bits per heavy atom. The molecule has 0 unspecified atom stereocenters. The summed E-state index contributed by atoms with van der Waals surface area (Å²) in [5, 5.41) is 18.3. The van der Waals surface area contributed by atoms with E-state index in [4.69, 9.17) is 5.11 Å². The lowest BCUT2D eigenvalue weighted by molar-refractivity contribution is -0.137. The van der Waals surface area contributed by atoms with Crippen molar-refractivity contribution in [2.24, 2.45) is 0 Å². The third-order valence-corrected chi connectivity index (χ3v) is 3.30. The number of carboxylic acid groups (broad SMARTS) is 1. The van der Waals surface area contributed by atoms with Crippen LogP contribution in [0, 0.1) is 0 Å². The Morgan fingerprint density at radius 1 is 0.957 bits per heavy atom. The smallest absolute Gasteiger partial charge is 0.303 e. The van der Waals surface area contributed by atoms with Crippen LogP contribution in [0.2, 0.25) is 0 Å². The third-order valence-electron chi connectivity index (χ3n) is 3.30. The Kier molecular flexibility index (Phi) is 15.6. The number of aliphatic hydroxyl groups excluding tert-OH is 1. The molecule has 130 valence electrons. The molecule has 0 rings (SSSR count). The van der Waals surface area contributed by atoms with E-state index in [-0.39, 0.29) is 6.42 Å². The first kappa shape index (κ1) is 21.4. The first-order valence-electron chi connectivity index (χ1n) is 8.70.